The second-order valence-electron chi connectivity index (χ2n) is 5.99. The Balaban J connectivity index is 1.72. The van der Waals surface area contributed by atoms with Crippen LogP contribution in [0.2, 0.25) is 0 Å². The van der Waals surface area contributed by atoms with E-state index in [2.05, 4.69) is 15.2 Å². The van der Waals surface area contributed by atoms with Crippen LogP contribution in [0.1, 0.15) is 27.9 Å². The van der Waals surface area contributed by atoms with Gasteiger partial charge in [-0.15, -0.1) is 0 Å². The van der Waals surface area contributed by atoms with Crippen molar-refractivity contribution in [3.05, 3.63) is 35.0 Å². The van der Waals surface area contributed by atoms with Crippen molar-refractivity contribution in [1.29, 1.82) is 0 Å². The zero-order valence-corrected chi connectivity index (χ0v) is 13.0. The summed E-state index contributed by atoms with van der Waals surface area (Å²) in [5.74, 6) is -0.864. The number of carboxylic acids is 1. The molecule has 0 spiro atoms. The smallest absolute Gasteiger partial charge is 0.338 e. The molecule has 3 rings (SSSR count). The molecule has 0 aliphatic carbocycles. The van der Waals surface area contributed by atoms with Crippen molar-refractivity contribution in [2.75, 3.05) is 32.7 Å². The average molecular weight is 301 g/mol. The molecule has 22 heavy (non-hydrogen) atoms. The summed E-state index contributed by atoms with van der Waals surface area (Å²) >= 11 is 0. The van der Waals surface area contributed by atoms with Gasteiger partial charge in [0, 0.05) is 37.8 Å². The van der Waals surface area contributed by atoms with E-state index in [0.29, 0.717) is 5.56 Å². The third-order valence-electron chi connectivity index (χ3n) is 4.49. The first-order valence-corrected chi connectivity index (χ1v) is 7.93. The van der Waals surface area contributed by atoms with E-state index in [1.165, 1.54) is 5.56 Å². The van der Waals surface area contributed by atoms with E-state index >= 15 is 0 Å². The van der Waals surface area contributed by atoms with Gasteiger partial charge < -0.3 is 20.3 Å². The molecule has 0 saturated carbocycles. The molecule has 2 heterocycles. The molecule has 118 valence electrons. The second kappa shape index (κ2) is 6.50. The van der Waals surface area contributed by atoms with Crippen molar-refractivity contribution in [2.45, 2.75) is 19.8 Å². The van der Waals surface area contributed by atoms with Gasteiger partial charge in [0.2, 0.25) is 0 Å². The summed E-state index contributed by atoms with van der Waals surface area (Å²) < 4.78 is 0. The monoisotopic (exact) mass is 301 g/mol. The second-order valence-corrected chi connectivity index (χ2v) is 5.99. The van der Waals surface area contributed by atoms with E-state index in [1.54, 1.807) is 0 Å². The zero-order chi connectivity index (χ0) is 15.5. The van der Waals surface area contributed by atoms with Crippen molar-refractivity contribution in [1.82, 2.24) is 15.2 Å². The number of piperazine rings is 1. The standard InChI is InChI=1S/C17H23N3O2/c1-12-4-5-14-13(11-19-16(14)15(12)17(21)22)3-2-8-20-9-6-18-7-10-20/h4-5,11,18-19H,2-3,6-10H2,1H3,(H,21,22). The third-order valence-corrected chi connectivity index (χ3v) is 4.49. The quantitative estimate of drug-likeness (QED) is 0.790. The maximum atomic E-state index is 11.4. The number of benzene rings is 1. The predicted octanol–water partition coefficient (Wildman–Crippen LogP) is 2.01. The van der Waals surface area contributed by atoms with Crippen LogP contribution in [-0.2, 0) is 6.42 Å². The van der Waals surface area contributed by atoms with Gasteiger partial charge in [0.15, 0.2) is 0 Å². The molecule has 0 unspecified atom stereocenters. The number of hydrogen-bond donors (Lipinski definition) is 3. The number of carbonyl (C=O) groups is 1. The highest BCUT2D eigenvalue weighted by Crippen LogP contribution is 2.25. The molecule has 0 amide bonds. The molecular weight excluding hydrogens is 278 g/mol. The number of nitrogens with one attached hydrogen (secondary N) is 2. The van der Waals surface area contributed by atoms with E-state index in [4.69, 9.17) is 0 Å². The molecule has 1 aromatic carbocycles. The van der Waals surface area contributed by atoms with Crippen LogP contribution in [0.5, 0.6) is 0 Å². The fraction of sp³-hybridized carbons (Fsp3) is 0.471. The fourth-order valence-corrected chi connectivity index (χ4v) is 3.27. The molecule has 1 fully saturated rings. The van der Waals surface area contributed by atoms with E-state index in [-0.39, 0.29) is 0 Å². The minimum Gasteiger partial charge on any atom is -0.478 e. The Hall–Kier alpha value is -1.85. The van der Waals surface area contributed by atoms with Gasteiger partial charge in [-0.25, -0.2) is 4.79 Å². The van der Waals surface area contributed by atoms with E-state index < -0.39 is 5.97 Å². The molecule has 5 nitrogen and oxygen atoms in total. The summed E-state index contributed by atoms with van der Waals surface area (Å²) in [6.45, 7) is 7.34. The van der Waals surface area contributed by atoms with Crippen molar-refractivity contribution in [3.8, 4) is 0 Å². The number of fused-ring (bicyclic) bond motifs is 1. The number of aromatic amines is 1. The third kappa shape index (κ3) is 3.00. The van der Waals surface area contributed by atoms with Gasteiger partial charge in [-0.2, -0.15) is 0 Å². The van der Waals surface area contributed by atoms with Crippen molar-refractivity contribution in [2.24, 2.45) is 0 Å². The Morgan fingerprint density at radius 2 is 2.09 bits per heavy atom. The highest BCUT2D eigenvalue weighted by molar-refractivity contribution is 6.04. The number of rotatable bonds is 5. The van der Waals surface area contributed by atoms with Gasteiger partial charge in [-0.05, 0) is 37.4 Å². The van der Waals surface area contributed by atoms with E-state index in [1.807, 2.05) is 25.3 Å². The highest BCUT2D eigenvalue weighted by Gasteiger charge is 2.15. The lowest BCUT2D eigenvalue weighted by atomic mass is 10.0. The number of hydrogen-bond acceptors (Lipinski definition) is 3. The number of carboxylic acid groups (broad SMARTS) is 1. The SMILES string of the molecule is Cc1ccc2c(CCCN3CCNCC3)c[nH]c2c1C(=O)O. The van der Waals surface area contributed by atoms with Gasteiger partial charge in [0.25, 0.3) is 0 Å². The molecule has 2 aromatic rings. The van der Waals surface area contributed by atoms with Crippen molar-refractivity contribution < 1.29 is 9.90 Å². The topological polar surface area (TPSA) is 68.4 Å². The average Bonchev–Trinajstić information content (AvgIpc) is 2.91. The molecule has 3 N–H and O–H groups in total. The van der Waals surface area contributed by atoms with Crippen LogP contribution in [0.25, 0.3) is 10.9 Å². The Morgan fingerprint density at radius 3 is 2.82 bits per heavy atom. The summed E-state index contributed by atoms with van der Waals surface area (Å²) in [6, 6.07) is 3.94. The van der Waals surface area contributed by atoms with Crippen molar-refractivity contribution in [3.63, 3.8) is 0 Å². The largest absolute Gasteiger partial charge is 0.478 e. The van der Waals surface area contributed by atoms with Gasteiger partial charge >= 0.3 is 5.97 Å². The number of aromatic nitrogens is 1. The van der Waals surface area contributed by atoms with Crippen LogP contribution in [0.15, 0.2) is 18.3 Å². The minimum atomic E-state index is -0.864. The maximum Gasteiger partial charge on any atom is 0.338 e. The first-order chi connectivity index (χ1) is 10.7. The lowest BCUT2D eigenvalue weighted by Gasteiger charge is -2.26. The van der Waals surface area contributed by atoms with Crippen LogP contribution in [0.3, 0.4) is 0 Å². The Morgan fingerprint density at radius 1 is 1.32 bits per heavy atom. The number of H-pyrrole nitrogens is 1. The predicted molar refractivity (Wildman–Crippen MR) is 87.6 cm³/mol. The first-order valence-electron chi connectivity index (χ1n) is 7.93. The molecule has 5 heteroatoms. The Bertz CT molecular complexity index is 672. The van der Waals surface area contributed by atoms with Crippen LogP contribution in [-0.4, -0.2) is 53.7 Å². The van der Waals surface area contributed by atoms with Crippen LogP contribution in [0.4, 0.5) is 0 Å². The number of nitrogens with zero attached hydrogens (tertiary/aromatic N) is 1. The highest BCUT2D eigenvalue weighted by atomic mass is 16.4. The van der Waals surface area contributed by atoms with E-state index in [0.717, 1.165) is 62.0 Å². The molecule has 1 aliphatic heterocycles. The molecule has 1 aliphatic rings. The lowest BCUT2D eigenvalue weighted by Crippen LogP contribution is -2.43. The van der Waals surface area contributed by atoms with Crippen LogP contribution in [0, 0.1) is 6.92 Å². The van der Waals surface area contributed by atoms with Crippen LogP contribution >= 0.6 is 0 Å². The van der Waals surface area contributed by atoms with Gasteiger partial charge in [0.05, 0.1) is 11.1 Å². The molecule has 0 radical (unpaired) electrons. The number of aryl methyl sites for hydroxylation is 2. The zero-order valence-electron chi connectivity index (χ0n) is 13.0. The van der Waals surface area contributed by atoms with Gasteiger partial charge in [-0.3, -0.25) is 0 Å². The summed E-state index contributed by atoms with van der Waals surface area (Å²) in [7, 11) is 0. The summed E-state index contributed by atoms with van der Waals surface area (Å²) in [6.07, 6.45) is 4.05. The first kappa shape index (κ1) is 15.1. The number of aromatic carboxylic acids is 1. The van der Waals surface area contributed by atoms with Crippen molar-refractivity contribution >= 4 is 16.9 Å². The molecule has 0 atom stereocenters. The fourth-order valence-electron chi connectivity index (χ4n) is 3.27. The maximum absolute atomic E-state index is 11.4. The van der Waals surface area contributed by atoms with E-state index in [9.17, 15) is 9.90 Å². The van der Waals surface area contributed by atoms with Crippen LogP contribution < -0.4 is 5.32 Å². The minimum absolute atomic E-state index is 0.394. The van der Waals surface area contributed by atoms with Gasteiger partial charge in [0.1, 0.15) is 0 Å². The summed E-state index contributed by atoms with van der Waals surface area (Å²) in [5, 5.41) is 13.8. The lowest BCUT2D eigenvalue weighted by molar-refractivity contribution is 0.0698. The molecular formula is C17H23N3O2. The Kier molecular flexibility index (Phi) is 4.45. The molecule has 1 saturated heterocycles. The molecule has 0 bridgehead atoms. The summed E-state index contributed by atoms with van der Waals surface area (Å²) in [4.78, 5) is 17.1. The normalized spacial score (nSPS) is 16.2. The molecule has 1 aromatic heterocycles. The Labute approximate surface area is 130 Å². The van der Waals surface area contributed by atoms with Gasteiger partial charge in [-0.1, -0.05) is 12.1 Å². The summed E-state index contributed by atoms with van der Waals surface area (Å²) in [5.41, 5.74) is 3.16.